The van der Waals surface area contributed by atoms with Gasteiger partial charge in [-0.25, -0.2) is 0 Å². The van der Waals surface area contributed by atoms with Crippen molar-refractivity contribution in [3.63, 3.8) is 0 Å². The van der Waals surface area contributed by atoms with Crippen molar-refractivity contribution in [3.8, 4) is 0 Å². The van der Waals surface area contributed by atoms with Gasteiger partial charge in [-0.1, -0.05) is 13.0 Å². The van der Waals surface area contributed by atoms with Crippen LogP contribution in [0.25, 0.3) is 11.0 Å². The Balaban J connectivity index is 1.67. The lowest BCUT2D eigenvalue weighted by Gasteiger charge is -2.20. The fourth-order valence-electron chi connectivity index (χ4n) is 4.05. The summed E-state index contributed by atoms with van der Waals surface area (Å²) >= 11 is 0. The molecule has 0 amide bonds. The number of benzene rings is 1. The first-order valence-corrected chi connectivity index (χ1v) is 10.0. The Morgan fingerprint density at radius 2 is 1.86 bits per heavy atom. The van der Waals surface area contributed by atoms with Crippen LogP contribution < -0.4 is 10.6 Å². The molecular formula is C22H30N6. The summed E-state index contributed by atoms with van der Waals surface area (Å²) in [5.74, 6) is 2.04. The maximum absolute atomic E-state index is 4.84. The van der Waals surface area contributed by atoms with Crippen molar-refractivity contribution in [2.45, 2.75) is 46.7 Å². The molecule has 1 aliphatic heterocycles. The lowest BCUT2D eigenvalue weighted by molar-refractivity contribution is 0.301. The van der Waals surface area contributed by atoms with E-state index in [0.29, 0.717) is 23.9 Å². The van der Waals surface area contributed by atoms with Gasteiger partial charge >= 0.3 is 0 Å². The monoisotopic (exact) mass is 378 g/mol. The van der Waals surface area contributed by atoms with E-state index in [1.165, 1.54) is 16.7 Å². The zero-order valence-electron chi connectivity index (χ0n) is 17.6. The fraction of sp³-hybridized carbons (Fsp3) is 0.455. The molecule has 6 heteroatoms. The molecule has 0 spiro atoms. The summed E-state index contributed by atoms with van der Waals surface area (Å²) in [6.45, 7) is 12.0. The Bertz CT molecular complexity index is 1010. The summed E-state index contributed by atoms with van der Waals surface area (Å²) in [4.78, 5) is 15.1. The molecule has 3 unspecified atom stereocenters. The average molecular weight is 379 g/mol. The van der Waals surface area contributed by atoms with Gasteiger partial charge in [0.05, 0.1) is 5.39 Å². The molecule has 0 radical (unpaired) electrons. The average Bonchev–Trinajstić information content (AvgIpc) is 3.23. The molecule has 1 aliphatic rings. The predicted molar refractivity (Wildman–Crippen MR) is 116 cm³/mol. The van der Waals surface area contributed by atoms with Crippen molar-refractivity contribution in [3.05, 3.63) is 41.1 Å². The Morgan fingerprint density at radius 1 is 1.07 bits per heavy atom. The Morgan fingerprint density at radius 3 is 2.57 bits per heavy atom. The molecule has 1 aromatic carbocycles. The van der Waals surface area contributed by atoms with E-state index in [-0.39, 0.29) is 0 Å². The normalized spacial score (nSPS) is 22.7. The number of aromatic nitrogens is 3. The van der Waals surface area contributed by atoms with Crippen LogP contribution in [-0.2, 0) is 0 Å². The van der Waals surface area contributed by atoms with Gasteiger partial charge in [0.1, 0.15) is 11.5 Å². The van der Waals surface area contributed by atoms with Crippen LogP contribution >= 0.6 is 0 Å². The Hall–Kier alpha value is -2.60. The minimum atomic E-state index is 0.365. The minimum Gasteiger partial charge on any atom is -0.365 e. The molecule has 3 heterocycles. The molecule has 3 atom stereocenters. The fourth-order valence-corrected chi connectivity index (χ4v) is 4.05. The highest BCUT2D eigenvalue weighted by molar-refractivity contribution is 5.88. The highest BCUT2D eigenvalue weighted by Gasteiger charge is 2.34. The SMILES string of the molecule is Cc1ccc(Nc2nc(NC3CN(C)C(C)C3C)c3cc[nH]c3n2)c(C)c1C. The first-order chi connectivity index (χ1) is 13.3. The number of aromatic amines is 1. The van der Waals surface area contributed by atoms with E-state index >= 15 is 0 Å². The molecule has 6 nitrogen and oxygen atoms in total. The van der Waals surface area contributed by atoms with Gasteiger partial charge in [0, 0.05) is 30.5 Å². The molecular weight excluding hydrogens is 348 g/mol. The number of hydrogen-bond acceptors (Lipinski definition) is 5. The van der Waals surface area contributed by atoms with Gasteiger partial charge < -0.3 is 20.5 Å². The molecule has 28 heavy (non-hydrogen) atoms. The quantitative estimate of drug-likeness (QED) is 0.629. The summed E-state index contributed by atoms with van der Waals surface area (Å²) in [6, 6.07) is 7.19. The first-order valence-electron chi connectivity index (χ1n) is 10.0. The van der Waals surface area contributed by atoms with Crippen LogP contribution in [0.4, 0.5) is 17.5 Å². The number of rotatable bonds is 4. The lowest BCUT2D eigenvalue weighted by Crippen LogP contribution is -2.28. The number of anilines is 3. The highest BCUT2D eigenvalue weighted by atomic mass is 15.2. The Labute approximate surface area is 166 Å². The van der Waals surface area contributed by atoms with Crippen molar-refractivity contribution in [2.24, 2.45) is 5.92 Å². The summed E-state index contributed by atoms with van der Waals surface area (Å²) < 4.78 is 0. The van der Waals surface area contributed by atoms with E-state index in [1.54, 1.807) is 0 Å². The van der Waals surface area contributed by atoms with Gasteiger partial charge in [0.2, 0.25) is 5.95 Å². The minimum absolute atomic E-state index is 0.365. The van der Waals surface area contributed by atoms with Gasteiger partial charge in [-0.15, -0.1) is 0 Å². The summed E-state index contributed by atoms with van der Waals surface area (Å²) in [5.41, 5.74) is 5.70. The third-order valence-corrected chi connectivity index (χ3v) is 6.62. The smallest absolute Gasteiger partial charge is 0.231 e. The number of nitrogens with zero attached hydrogens (tertiary/aromatic N) is 3. The van der Waals surface area contributed by atoms with Crippen molar-refractivity contribution >= 4 is 28.5 Å². The molecule has 0 aliphatic carbocycles. The van der Waals surface area contributed by atoms with E-state index < -0.39 is 0 Å². The molecule has 3 N–H and O–H groups in total. The van der Waals surface area contributed by atoms with E-state index in [2.05, 4.69) is 79.3 Å². The van der Waals surface area contributed by atoms with Crippen LogP contribution in [0.15, 0.2) is 24.4 Å². The van der Waals surface area contributed by atoms with Crippen molar-refractivity contribution in [1.29, 1.82) is 0 Å². The molecule has 0 saturated carbocycles. The van der Waals surface area contributed by atoms with Crippen LogP contribution in [0.1, 0.15) is 30.5 Å². The molecule has 1 fully saturated rings. The molecule has 1 saturated heterocycles. The van der Waals surface area contributed by atoms with Crippen LogP contribution in [0.3, 0.4) is 0 Å². The number of hydrogen-bond donors (Lipinski definition) is 3. The topological polar surface area (TPSA) is 68.9 Å². The third kappa shape index (κ3) is 3.22. The van der Waals surface area contributed by atoms with E-state index in [1.807, 2.05) is 12.3 Å². The van der Waals surface area contributed by atoms with Gasteiger partial charge in [-0.05, 0) is 69.5 Å². The largest absolute Gasteiger partial charge is 0.365 e. The molecule has 148 valence electrons. The highest BCUT2D eigenvalue weighted by Crippen LogP contribution is 2.30. The summed E-state index contributed by atoms with van der Waals surface area (Å²) in [6.07, 6.45) is 1.92. The predicted octanol–water partition coefficient (Wildman–Crippen LogP) is 4.38. The zero-order valence-corrected chi connectivity index (χ0v) is 17.6. The molecule has 4 rings (SSSR count). The first kappa shape index (κ1) is 18.7. The summed E-state index contributed by atoms with van der Waals surface area (Å²) in [5, 5.41) is 8.14. The van der Waals surface area contributed by atoms with Gasteiger partial charge in [0.15, 0.2) is 0 Å². The van der Waals surface area contributed by atoms with E-state index in [9.17, 15) is 0 Å². The Kier molecular flexibility index (Phi) is 4.75. The second-order valence-electron chi connectivity index (χ2n) is 8.23. The third-order valence-electron chi connectivity index (χ3n) is 6.62. The number of likely N-dealkylation sites (N-methyl/N-ethyl adjacent to an activating group) is 1. The maximum Gasteiger partial charge on any atom is 0.231 e. The standard InChI is InChI=1S/C22H30N6/c1-12-7-8-18(14(3)13(12)2)25-22-26-20-17(9-10-23-20)21(27-22)24-19-11-28(6)16(5)15(19)4/h7-10,15-16,19H,11H2,1-6H3,(H3,23,24,25,26,27). The van der Waals surface area contributed by atoms with E-state index in [0.717, 1.165) is 29.1 Å². The summed E-state index contributed by atoms with van der Waals surface area (Å²) in [7, 11) is 2.18. The van der Waals surface area contributed by atoms with Crippen LogP contribution in [0.2, 0.25) is 0 Å². The second-order valence-corrected chi connectivity index (χ2v) is 8.23. The van der Waals surface area contributed by atoms with Crippen molar-refractivity contribution in [2.75, 3.05) is 24.2 Å². The van der Waals surface area contributed by atoms with Crippen LogP contribution in [0.5, 0.6) is 0 Å². The van der Waals surface area contributed by atoms with Crippen molar-refractivity contribution < 1.29 is 0 Å². The van der Waals surface area contributed by atoms with Gasteiger partial charge in [-0.2, -0.15) is 9.97 Å². The lowest BCUT2D eigenvalue weighted by atomic mass is 10.00. The number of likely N-dealkylation sites (tertiary alicyclic amines) is 1. The maximum atomic E-state index is 4.84. The van der Waals surface area contributed by atoms with Crippen molar-refractivity contribution in [1.82, 2.24) is 19.9 Å². The van der Waals surface area contributed by atoms with Crippen LogP contribution in [0, 0.1) is 26.7 Å². The number of aryl methyl sites for hydroxylation is 1. The van der Waals surface area contributed by atoms with Crippen LogP contribution in [-0.4, -0.2) is 45.5 Å². The molecule has 0 bridgehead atoms. The molecule has 3 aromatic rings. The second kappa shape index (κ2) is 7.09. The number of nitrogens with one attached hydrogen (secondary N) is 3. The van der Waals surface area contributed by atoms with E-state index in [4.69, 9.17) is 4.98 Å². The number of H-pyrrole nitrogens is 1. The van der Waals surface area contributed by atoms with Gasteiger partial charge in [0.25, 0.3) is 0 Å². The zero-order chi connectivity index (χ0) is 20.0. The molecule has 2 aromatic heterocycles. The number of fused-ring (bicyclic) bond motifs is 1. The van der Waals surface area contributed by atoms with Gasteiger partial charge in [-0.3, -0.25) is 0 Å².